The number of unbranched alkanes of at least 4 members (excludes halogenated alkanes) is 2. The summed E-state index contributed by atoms with van der Waals surface area (Å²) >= 11 is 0. The van der Waals surface area contributed by atoms with Crippen LogP contribution in [0.1, 0.15) is 26.2 Å². The van der Waals surface area contributed by atoms with Crippen molar-refractivity contribution in [2.45, 2.75) is 26.2 Å². The molecule has 0 heterocycles. The number of rotatable bonds is 5. The zero-order chi connectivity index (χ0) is 7.82. The van der Waals surface area contributed by atoms with Crippen molar-refractivity contribution >= 4 is 0 Å². The molecular formula is C9H16O. The molecule has 0 saturated heterocycles. The van der Waals surface area contributed by atoms with Crippen LogP contribution in [0, 0.1) is 0 Å². The molecule has 0 aliphatic carbocycles. The number of aliphatic hydroxyl groups excluding tert-OH is 1. The number of hydrogen-bond acceptors (Lipinski definition) is 1. The summed E-state index contributed by atoms with van der Waals surface area (Å²) in [6.45, 7) is 5.98. The summed E-state index contributed by atoms with van der Waals surface area (Å²) < 4.78 is 0. The second kappa shape index (κ2) is 6.56. The lowest BCUT2D eigenvalue weighted by Gasteiger charge is -1.92. The summed E-state index contributed by atoms with van der Waals surface area (Å²) in [4.78, 5) is 0. The SMILES string of the molecule is C=CC(C)=CCCCCO. The van der Waals surface area contributed by atoms with Gasteiger partial charge in [-0.25, -0.2) is 0 Å². The van der Waals surface area contributed by atoms with Gasteiger partial charge in [0.15, 0.2) is 0 Å². The predicted octanol–water partition coefficient (Wildman–Crippen LogP) is 2.28. The average Bonchev–Trinajstić information content (AvgIpc) is 1.98. The summed E-state index contributed by atoms with van der Waals surface area (Å²) in [5, 5.41) is 8.45. The zero-order valence-corrected chi connectivity index (χ0v) is 6.64. The smallest absolute Gasteiger partial charge is 0.0431 e. The molecule has 0 fully saturated rings. The molecule has 0 amide bonds. The van der Waals surface area contributed by atoms with Crippen LogP contribution < -0.4 is 0 Å². The first-order chi connectivity index (χ1) is 4.81. The molecule has 0 bridgehead atoms. The van der Waals surface area contributed by atoms with Crippen LogP contribution in [-0.4, -0.2) is 11.7 Å². The number of hydrogen-bond donors (Lipinski definition) is 1. The Kier molecular flexibility index (Phi) is 6.19. The molecule has 0 aromatic heterocycles. The Morgan fingerprint density at radius 1 is 1.50 bits per heavy atom. The molecule has 0 unspecified atom stereocenters. The zero-order valence-electron chi connectivity index (χ0n) is 6.64. The van der Waals surface area contributed by atoms with Crippen molar-refractivity contribution in [2.24, 2.45) is 0 Å². The molecule has 1 nitrogen and oxygen atoms in total. The summed E-state index contributed by atoms with van der Waals surface area (Å²) in [5.41, 5.74) is 1.22. The van der Waals surface area contributed by atoms with Gasteiger partial charge in [0.25, 0.3) is 0 Å². The van der Waals surface area contributed by atoms with Gasteiger partial charge in [-0.05, 0) is 26.2 Å². The summed E-state index contributed by atoms with van der Waals surface area (Å²) in [6.07, 6.45) is 7.02. The van der Waals surface area contributed by atoms with Gasteiger partial charge in [0.1, 0.15) is 0 Å². The molecule has 0 spiro atoms. The topological polar surface area (TPSA) is 20.2 Å². The van der Waals surface area contributed by atoms with E-state index >= 15 is 0 Å². The molecule has 1 N–H and O–H groups in total. The number of aliphatic hydroxyl groups is 1. The highest BCUT2D eigenvalue weighted by atomic mass is 16.2. The van der Waals surface area contributed by atoms with Crippen molar-refractivity contribution in [3.05, 3.63) is 24.3 Å². The summed E-state index contributed by atoms with van der Waals surface area (Å²) in [5.74, 6) is 0. The van der Waals surface area contributed by atoms with Crippen molar-refractivity contribution in [3.63, 3.8) is 0 Å². The minimum absolute atomic E-state index is 0.307. The second-order valence-electron chi connectivity index (χ2n) is 2.37. The Balaban J connectivity index is 3.24. The predicted molar refractivity (Wildman–Crippen MR) is 44.9 cm³/mol. The van der Waals surface area contributed by atoms with Gasteiger partial charge >= 0.3 is 0 Å². The maximum Gasteiger partial charge on any atom is 0.0431 e. The van der Waals surface area contributed by atoms with E-state index in [1.807, 2.05) is 13.0 Å². The summed E-state index contributed by atoms with van der Waals surface area (Å²) in [7, 11) is 0. The lowest BCUT2D eigenvalue weighted by Crippen LogP contribution is -1.80. The van der Waals surface area contributed by atoms with Gasteiger partial charge in [0.05, 0.1) is 0 Å². The van der Waals surface area contributed by atoms with Crippen molar-refractivity contribution < 1.29 is 5.11 Å². The third-order valence-corrected chi connectivity index (χ3v) is 1.40. The van der Waals surface area contributed by atoms with Gasteiger partial charge in [-0.3, -0.25) is 0 Å². The van der Waals surface area contributed by atoms with Crippen LogP contribution in [0.4, 0.5) is 0 Å². The maximum absolute atomic E-state index is 8.45. The van der Waals surface area contributed by atoms with Gasteiger partial charge in [0, 0.05) is 6.61 Å². The van der Waals surface area contributed by atoms with Crippen LogP contribution in [-0.2, 0) is 0 Å². The van der Waals surface area contributed by atoms with E-state index in [0.29, 0.717) is 6.61 Å². The molecule has 0 aromatic rings. The highest BCUT2D eigenvalue weighted by molar-refractivity contribution is 5.12. The fraction of sp³-hybridized carbons (Fsp3) is 0.556. The largest absolute Gasteiger partial charge is 0.396 e. The highest BCUT2D eigenvalue weighted by Crippen LogP contribution is 2.00. The number of allylic oxidation sites excluding steroid dienone is 3. The first-order valence-electron chi connectivity index (χ1n) is 3.71. The van der Waals surface area contributed by atoms with Crippen LogP contribution in [0.2, 0.25) is 0 Å². The van der Waals surface area contributed by atoms with Crippen molar-refractivity contribution in [1.82, 2.24) is 0 Å². The third kappa shape index (κ3) is 5.57. The molecular weight excluding hydrogens is 124 g/mol. The van der Waals surface area contributed by atoms with Crippen LogP contribution in [0.25, 0.3) is 0 Å². The van der Waals surface area contributed by atoms with E-state index in [1.54, 1.807) is 0 Å². The molecule has 0 aliphatic rings. The first kappa shape index (κ1) is 9.44. The molecule has 0 radical (unpaired) electrons. The normalized spacial score (nSPS) is 11.6. The van der Waals surface area contributed by atoms with Crippen LogP contribution in [0.15, 0.2) is 24.3 Å². The third-order valence-electron chi connectivity index (χ3n) is 1.40. The van der Waals surface area contributed by atoms with Crippen molar-refractivity contribution in [3.8, 4) is 0 Å². The lowest BCUT2D eigenvalue weighted by molar-refractivity contribution is 0.285. The van der Waals surface area contributed by atoms with E-state index in [1.165, 1.54) is 5.57 Å². The van der Waals surface area contributed by atoms with Gasteiger partial charge in [-0.2, -0.15) is 0 Å². The molecule has 0 aliphatic heterocycles. The Hall–Kier alpha value is -0.560. The van der Waals surface area contributed by atoms with E-state index in [9.17, 15) is 0 Å². The Morgan fingerprint density at radius 3 is 2.70 bits per heavy atom. The summed E-state index contributed by atoms with van der Waals surface area (Å²) in [6, 6.07) is 0. The molecule has 0 aromatic carbocycles. The Bertz CT molecular complexity index is 114. The fourth-order valence-corrected chi connectivity index (χ4v) is 0.669. The molecule has 10 heavy (non-hydrogen) atoms. The maximum atomic E-state index is 8.45. The van der Waals surface area contributed by atoms with E-state index in [2.05, 4.69) is 12.7 Å². The molecule has 58 valence electrons. The van der Waals surface area contributed by atoms with Gasteiger partial charge < -0.3 is 5.11 Å². The van der Waals surface area contributed by atoms with E-state index in [4.69, 9.17) is 5.11 Å². The first-order valence-corrected chi connectivity index (χ1v) is 3.71. The van der Waals surface area contributed by atoms with Gasteiger partial charge in [0.2, 0.25) is 0 Å². The van der Waals surface area contributed by atoms with Crippen LogP contribution >= 0.6 is 0 Å². The highest BCUT2D eigenvalue weighted by Gasteiger charge is 1.83. The fourth-order valence-electron chi connectivity index (χ4n) is 0.669. The van der Waals surface area contributed by atoms with Gasteiger partial charge in [-0.1, -0.05) is 24.3 Å². The lowest BCUT2D eigenvalue weighted by atomic mass is 10.2. The van der Waals surface area contributed by atoms with Crippen LogP contribution in [0.3, 0.4) is 0 Å². The van der Waals surface area contributed by atoms with Gasteiger partial charge in [-0.15, -0.1) is 0 Å². The molecule has 0 saturated carbocycles. The second-order valence-corrected chi connectivity index (χ2v) is 2.37. The van der Waals surface area contributed by atoms with Crippen molar-refractivity contribution in [1.29, 1.82) is 0 Å². The minimum atomic E-state index is 0.307. The molecule has 0 rings (SSSR count). The van der Waals surface area contributed by atoms with Crippen LogP contribution in [0.5, 0.6) is 0 Å². The minimum Gasteiger partial charge on any atom is -0.396 e. The van der Waals surface area contributed by atoms with Crippen molar-refractivity contribution in [2.75, 3.05) is 6.61 Å². The Morgan fingerprint density at radius 2 is 2.20 bits per heavy atom. The molecule has 0 atom stereocenters. The average molecular weight is 140 g/mol. The standard InChI is InChI=1S/C9H16O/c1-3-9(2)7-5-4-6-8-10/h3,7,10H,1,4-6,8H2,2H3. The quantitative estimate of drug-likeness (QED) is 0.459. The van der Waals surface area contributed by atoms with E-state index in [-0.39, 0.29) is 0 Å². The van der Waals surface area contributed by atoms with E-state index in [0.717, 1.165) is 19.3 Å². The monoisotopic (exact) mass is 140 g/mol. The van der Waals surface area contributed by atoms with E-state index < -0.39 is 0 Å². The molecule has 1 heteroatoms. The Labute approximate surface area is 63.1 Å².